The Morgan fingerprint density at radius 2 is 2.05 bits per heavy atom. The summed E-state index contributed by atoms with van der Waals surface area (Å²) in [6.07, 6.45) is -4.79. The Morgan fingerprint density at radius 3 is 2.58 bits per heavy atom. The van der Waals surface area contributed by atoms with E-state index >= 15 is 0 Å². The molecule has 1 N–H and O–H groups in total. The van der Waals surface area contributed by atoms with E-state index in [0.717, 1.165) is 0 Å². The van der Waals surface area contributed by atoms with Crippen molar-refractivity contribution in [1.82, 2.24) is 4.98 Å². The highest BCUT2D eigenvalue weighted by molar-refractivity contribution is 5.81. The summed E-state index contributed by atoms with van der Waals surface area (Å²) in [6.45, 7) is 0. The van der Waals surface area contributed by atoms with Crippen LogP contribution in [0.4, 0.5) is 13.2 Å². The van der Waals surface area contributed by atoms with Gasteiger partial charge in [-0.25, -0.2) is 0 Å². The maximum absolute atomic E-state index is 12.7. The number of ether oxygens (including phenoxy) is 1. The van der Waals surface area contributed by atoms with Crippen molar-refractivity contribution in [3.8, 4) is 11.8 Å². The molecule has 1 aromatic heterocycles. The van der Waals surface area contributed by atoms with Crippen molar-refractivity contribution in [3.05, 3.63) is 39.7 Å². The van der Waals surface area contributed by atoms with Crippen molar-refractivity contribution in [1.29, 1.82) is 5.26 Å². The number of fused-ring (bicyclic) bond motifs is 1. The van der Waals surface area contributed by atoms with E-state index in [1.54, 1.807) is 0 Å². The zero-order chi connectivity index (χ0) is 14.2. The van der Waals surface area contributed by atoms with Crippen molar-refractivity contribution < 1.29 is 17.9 Å². The topological polar surface area (TPSA) is 65.9 Å². The highest BCUT2D eigenvalue weighted by Gasteiger charge is 2.36. The molecule has 2 aromatic rings. The monoisotopic (exact) mass is 268 g/mol. The van der Waals surface area contributed by atoms with Crippen LogP contribution in [0.3, 0.4) is 0 Å². The van der Waals surface area contributed by atoms with Gasteiger partial charge in [0.25, 0.3) is 0 Å². The fourth-order valence-electron chi connectivity index (χ4n) is 1.71. The van der Waals surface area contributed by atoms with Crippen LogP contribution in [0.1, 0.15) is 11.3 Å². The molecule has 0 aliphatic heterocycles. The largest absolute Gasteiger partial charge is 0.497 e. The Morgan fingerprint density at radius 1 is 1.37 bits per heavy atom. The molecule has 0 saturated heterocycles. The first-order valence-electron chi connectivity index (χ1n) is 5.10. The average molecular weight is 268 g/mol. The van der Waals surface area contributed by atoms with Gasteiger partial charge in [0.05, 0.1) is 18.0 Å². The molecule has 0 fully saturated rings. The number of hydrogen-bond donors (Lipinski definition) is 1. The molecule has 98 valence electrons. The van der Waals surface area contributed by atoms with Crippen LogP contribution in [0.15, 0.2) is 23.0 Å². The number of H-pyrrole nitrogens is 1. The summed E-state index contributed by atoms with van der Waals surface area (Å²) in [5.74, 6) is 0.321. The van der Waals surface area contributed by atoms with Crippen molar-refractivity contribution in [2.45, 2.75) is 6.18 Å². The highest BCUT2D eigenvalue weighted by atomic mass is 19.4. The lowest BCUT2D eigenvalue weighted by Crippen LogP contribution is -2.19. The SMILES string of the molecule is COc1ccc2[nH]c(C(F)(F)F)c(C#N)c(=O)c2c1. The fourth-order valence-corrected chi connectivity index (χ4v) is 1.71. The van der Waals surface area contributed by atoms with Gasteiger partial charge < -0.3 is 9.72 Å². The second-order valence-electron chi connectivity index (χ2n) is 3.73. The Labute approximate surface area is 105 Å². The highest BCUT2D eigenvalue weighted by Crippen LogP contribution is 2.30. The molecule has 0 radical (unpaired) electrons. The summed E-state index contributed by atoms with van der Waals surface area (Å²) in [4.78, 5) is 14.0. The molecule has 0 bridgehead atoms. The van der Waals surface area contributed by atoms with E-state index in [2.05, 4.69) is 4.98 Å². The van der Waals surface area contributed by atoms with Crippen LogP contribution >= 0.6 is 0 Å². The van der Waals surface area contributed by atoms with Crippen molar-refractivity contribution in [3.63, 3.8) is 0 Å². The van der Waals surface area contributed by atoms with Gasteiger partial charge in [-0.3, -0.25) is 4.79 Å². The average Bonchev–Trinajstić information content (AvgIpc) is 2.37. The minimum Gasteiger partial charge on any atom is -0.497 e. The number of aromatic nitrogens is 1. The standard InChI is InChI=1S/C12H7F3N2O2/c1-19-6-2-3-9-7(4-6)10(18)8(5-16)11(17-9)12(13,14)15/h2-4H,1H3,(H,17,18). The van der Waals surface area contributed by atoms with E-state index in [9.17, 15) is 18.0 Å². The summed E-state index contributed by atoms with van der Waals surface area (Å²) in [6, 6.07) is 5.30. The van der Waals surface area contributed by atoms with Gasteiger partial charge in [-0.1, -0.05) is 0 Å². The molecular weight excluding hydrogens is 261 g/mol. The normalized spacial score (nSPS) is 11.3. The molecule has 4 nitrogen and oxygen atoms in total. The summed E-state index contributed by atoms with van der Waals surface area (Å²) >= 11 is 0. The summed E-state index contributed by atoms with van der Waals surface area (Å²) in [5, 5.41) is 8.72. The van der Waals surface area contributed by atoms with Gasteiger partial charge >= 0.3 is 6.18 Å². The molecule has 2 rings (SSSR count). The molecule has 0 spiro atoms. The zero-order valence-corrected chi connectivity index (χ0v) is 9.63. The minimum atomic E-state index is -4.79. The van der Waals surface area contributed by atoms with Gasteiger partial charge in [0.2, 0.25) is 5.43 Å². The third-order valence-corrected chi connectivity index (χ3v) is 2.60. The van der Waals surface area contributed by atoms with E-state index in [-0.39, 0.29) is 10.9 Å². The van der Waals surface area contributed by atoms with E-state index in [1.807, 2.05) is 0 Å². The maximum Gasteiger partial charge on any atom is 0.432 e. The van der Waals surface area contributed by atoms with E-state index in [1.165, 1.54) is 31.4 Å². The lowest BCUT2D eigenvalue weighted by molar-refractivity contribution is -0.141. The molecule has 0 saturated carbocycles. The number of nitriles is 1. The molecule has 1 heterocycles. The molecule has 19 heavy (non-hydrogen) atoms. The van der Waals surface area contributed by atoms with Crippen molar-refractivity contribution in [2.24, 2.45) is 0 Å². The molecular formula is C12H7F3N2O2. The predicted molar refractivity (Wildman–Crippen MR) is 60.8 cm³/mol. The zero-order valence-electron chi connectivity index (χ0n) is 9.63. The van der Waals surface area contributed by atoms with Crippen LogP contribution in [0.2, 0.25) is 0 Å². The second-order valence-corrected chi connectivity index (χ2v) is 3.73. The van der Waals surface area contributed by atoms with Crippen LogP contribution in [-0.2, 0) is 6.18 Å². The number of aromatic amines is 1. The number of methoxy groups -OCH3 is 1. The van der Waals surface area contributed by atoms with Crippen LogP contribution < -0.4 is 10.2 Å². The number of hydrogen-bond acceptors (Lipinski definition) is 3. The van der Waals surface area contributed by atoms with Gasteiger partial charge in [0.15, 0.2) is 0 Å². The third-order valence-electron chi connectivity index (χ3n) is 2.60. The minimum absolute atomic E-state index is 0.00266. The molecule has 0 aliphatic rings. The van der Waals surface area contributed by atoms with Gasteiger partial charge in [-0.05, 0) is 18.2 Å². The number of nitrogens with zero attached hydrogens (tertiary/aromatic N) is 1. The van der Waals surface area contributed by atoms with Crippen LogP contribution in [-0.4, -0.2) is 12.1 Å². The quantitative estimate of drug-likeness (QED) is 0.863. The molecule has 0 unspecified atom stereocenters. The van der Waals surface area contributed by atoms with E-state index in [0.29, 0.717) is 5.75 Å². The molecule has 0 aliphatic carbocycles. The number of benzene rings is 1. The van der Waals surface area contributed by atoms with Gasteiger partial charge in [-0.2, -0.15) is 18.4 Å². The number of nitrogens with one attached hydrogen (secondary N) is 1. The summed E-state index contributed by atoms with van der Waals surface area (Å²) in [5.41, 5.74) is -3.26. The Bertz CT molecular complexity index is 741. The second kappa shape index (κ2) is 4.31. The van der Waals surface area contributed by atoms with E-state index < -0.39 is 22.9 Å². The van der Waals surface area contributed by atoms with Crippen LogP contribution in [0.25, 0.3) is 10.9 Å². The number of alkyl halides is 3. The number of halogens is 3. The maximum atomic E-state index is 12.7. The van der Waals surface area contributed by atoms with Crippen LogP contribution in [0.5, 0.6) is 5.75 Å². The first-order valence-corrected chi connectivity index (χ1v) is 5.10. The Hall–Kier alpha value is -2.49. The first kappa shape index (κ1) is 13.0. The Kier molecular flexibility index (Phi) is 2.94. The summed E-state index contributed by atoms with van der Waals surface area (Å²) in [7, 11) is 1.37. The molecule has 0 atom stereocenters. The lowest BCUT2D eigenvalue weighted by Gasteiger charge is -2.10. The number of pyridine rings is 1. The van der Waals surface area contributed by atoms with E-state index in [4.69, 9.17) is 10.00 Å². The van der Waals surface area contributed by atoms with Gasteiger partial charge in [0.1, 0.15) is 23.1 Å². The van der Waals surface area contributed by atoms with Gasteiger partial charge in [0, 0.05) is 0 Å². The van der Waals surface area contributed by atoms with Gasteiger partial charge in [-0.15, -0.1) is 0 Å². The van der Waals surface area contributed by atoms with Crippen molar-refractivity contribution >= 4 is 10.9 Å². The number of rotatable bonds is 1. The predicted octanol–water partition coefficient (Wildman–Crippen LogP) is 2.43. The Balaban J connectivity index is 2.91. The third kappa shape index (κ3) is 2.12. The smallest absolute Gasteiger partial charge is 0.432 e. The van der Waals surface area contributed by atoms with Crippen molar-refractivity contribution in [2.75, 3.05) is 7.11 Å². The first-order chi connectivity index (χ1) is 8.88. The molecule has 1 aromatic carbocycles. The molecule has 7 heteroatoms. The molecule has 0 amide bonds. The fraction of sp³-hybridized carbons (Fsp3) is 0.167. The summed E-state index contributed by atoms with van der Waals surface area (Å²) < 4.78 is 43.1. The lowest BCUT2D eigenvalue weighted by atomic mass is 10.1. The van der Waals surface area contributed by atoms with Crippen LogP contribution in [0, 0.1) is 11.3 Å².